The standard InChI is InChI=1S/C25H24O7/c1-12(2)17(26)8-15-19(28)10-21-22(23(15)29)24(30)16(11-31-21)14-7-13-5-6-25(3,4)32-20(13)9-18(14)27/h5-7,9-11,17,26-29H,1,8H2,2-4H3. The van der Waals surface area contributed by atoms with Crippen LogP contribution in [0.4, 0.5) is 0 Å². The Balaban J connectivity index is 1.90. The van der Waals surface area contributed by atoms with Gasteiger partial charge >= 0.3 is 0 Å². The molecule has 3 aromatic rings. The number of aliphatic hydroxyl groups excluding tert-OH is 1. The van der Waals surface area contributed by atoms with Crippen molar-refractivity contribution < 1.29 is 29.6 Å². The highest BCUT2D eigenvalue weighted by Gasteiger charge is 2.25. The van der Waals surface area contributed by atoms with Crippen molar-refractivity contribution in [2.45, 2.75) is 38.9 Å². The number of hydrogen-bond donors (Lipinski definition) is 4. The van der Waals surface area contributed by atoms with Gasteiger partial charge in [0.05, 0.1) is 11.7 Å². The summed E-state index contributed by atoms with van der Waals surface area (Å²) in [4.78, 5) is 13.3. The normalized spacial score (nSPS) is 15.2. The summed E-state index contributed by atoms with van der Waals surface area (Å²) < 4.78 is 11.4. The zero-order valence-electron chi connectivity index (χ0n) is 18.0. The molecular formula is C25H24O7. The van der Waals surface area contributed by atoms with E-state index in [1.807, 2.05) is 26.0 Å². The molecule has 2 aromatic carbocycles. The third kappa shape index (κ3) is 3.61. The van der Waals surface area contributed by atoms with E-state index < -0.39 is 22.9 Å². The van der Waals surface area contributed by atoms with E-state index in [0.29, 0.717) is 16.9 Å². The minimum Gasteiger partial charge on any atom is -0.507 e. The lowest BCUT2D eigenvalue weighted by Gasteiger charge is -2.28. The largest absolute Gasteiger partial charge is 0.507 e. The number of rotatable bonds is 4. The van der Waals surface area contributed by atoms with Gasteiger partial charge < -0.3 is 29.6 Å². The molecule has 4 rings (SSSR count). The molecule has 0 amide bonds. The van der Waals surface area contributed by atoms with Crippen LogP contribution < -0.4 is 10.2 Å². The van der Waals surface area contributed by atoms with Gasteiger partial charge in [-0.1, -0.05) is 18.2 Å². The van der Waals surface area contributed by atoms with E-state index in [2.05, 4.69) is 6.58 Å². The average Bonchev–Trinajstić information content (AvgIpc) is 2.70. The molecule has 0 radical (unpaired) electrons. The summed E-state index contributed by atoms with van der Waals surface area (Å²) in [5.41, 5.74) is 0.230. The van der Waals surface area contributed by atoms with E-state index in [1.165, 1.54) is 18.4 Å². The van der Waals surface area contributed by atoms with E-state index in [4.69, 9.17) is 9.15 Å². The third-order valence-electron chi connectivity index (χ3n) is 5.54. The Labute approximate surface area is 184 Å². The van der Waals surface area contributed by atoms with Gasteiger partial charge in [0, 0.05) is 35.2 Å². The molecular weight excluding hydrogens is 412 g/mol. The molecule has 166 valence electrons. The van der Waals surface area contributed by atoms with Gasteiger partial charge in [0.25, 0.3) is 0 Å². The van der Waals surface area contributed by atoms with Crippen LogP contribution in [-0.2, 0) is 6.42 Å². The summed E-state index contributed by atoms with van der Waals surface area (Å²) in [5, 5.41) is 41.6. The first-order chi connectivity index (χ1) is 15.0. The van der Waals surface area contributed by atoms with Crippen molar-refractivity contribution in [2.75, 3.05) is 0 Å². The molecule has 4 N–H and O–H groups in total. The molecule has 0 bridgehead atoms. The monoisotopic (exact) mass is 436 g/mol. The summed E-state index contributed by atoms with van der Waals surface area (Å²) in [6.07, 6.45) is 3.74. The summed E-state index contributed by atoms with van der Waals surface area (Å²) in [6.45, 7) is 9.05. The molecule has 1 unspecified atom stereocenters. The topological polar surface area (TPSA) is 120 Å². The van der Waals surface area contributed by atoms with Crippen LogP contribution in [0.5, 0.6) is 23.0 Å². The van der Waals surface area contributed by atoms with Gasteiger partial charge in [-0.05, 0) is 32.9 Å². The lowest BCUT2D eigenvalue weighted by Crippen LogP contribution is -2.27. The Morgan fingerprint density at radius 1 is 1.12 bits per heavy atom. The van der Waals surface area contributed by atoms with Crippen LogP contribution in [0, 0.1) is 0 Å². The highest BCUT2D eigenvalue weighted by molar-refractivity contribution is 5.90. The van der Waals surface area contributed by atoms with Crippen LogP contribution >= 0.6 is 0 Å². The molecule has 32 heavy (non-hydrogen) atoms. The number of aromatic hydroxyl groups is 3. The first-order valence-electron chi connectivity index (χ1n) is 10.1. The minimum absolute atomic E-state index is 0.00526. The van der Waals surface area contributed by atoms with Gasteiger partial charge in [0.1, 0.15) is 45.8 Å². The van der Waals surface area contributed by atoms with Crippen molar-refractivity contribution >= 4 is 17.0 Å². The zero-order chi connectivity index (χ0) is 23.4. The van der Waals surface area contributed by atoms with E-state index in [0.717, 1.165) is 0 Å². The predicted molar refractivity (Wildman–Crippen MR) is 121 cm³/mol. The molecule has 2 heterocycles. The Bertz CT molecular complexity index is 1340. The van der Waals surface area contributed by atoms with Crippen molar-refractivity contribution in [3.05, 3.63) is 64.0 Å². The fourth-order valence-corrected chi connectivity index (χ4v) is 3.68. The first kappa shape index (κ1) is 21.5. The SMILES string of the molecule is C=C(C)C(O)Cc1c(O)cc2occ(-c3cc4c(cc3O)OC(C)(C)C=C4)c(=O)c2c1O. The number of benzene rings is 2. The molecule has 0 saturated heterocycles. The Kier molecular flexibility index (Phi) is 5.02. The molecule has 1 aliphatic heterocycles. The summed E-state index contributed by atoms with van der Waals surface area (Å²) in [7, 11) is 0. The van der Waals surface area contributed by atoms with Gasteiger partial charge in [-0.2, -0.15) is 0 Å². The molecule has 1 aromatic heterocycles. The highest BCUT2D eigenvalue weighted by atomic mass is 16.5. The molecule has 1 atom stereocenters. The molecule has 7 nitrogen and oxygen atoms in total. The predicted octanol–water partition coefficient (Wildman–Crippen LogP) is 4.24. The Morgan fingerprint density at radius 3 is 2.53 bits per heavy atom. The quantitative estimate of drug-likeness (QED) is 0.452. The maximum Gasteiger partial charge on any atom is 0.204 e. The number of ether oxygens (including phenoxy) is 1. The minimum atomic E-state index is -1.01. The highest BCUT2D eigenvalue weighted by Crippen LogP contribution is 2.41. The second-order valence-electron chi connectivity index (χ2n) is 8.59. The van der Waals surface area contributed by atoms with Crippen molar-refractivity contribution in [1.82, 2.24) is 0 Å². The maximum atomic E-state index is 13.3. The summed E-state index contributed by atoms with van der Waals surface area (Å²) >= 11 is 0. The van der Waals surface area contributed by atoms with Gasteiger partial charge in [-0.15, -0.1) is 0 Å². The van der Waals surface area contributed by atoms with Crippen LogP contribution in [0.15, 0.2) is 51.9 Å². The smallest absolute Gasteiger partial charge is 0.204 e. The molecule has 0 spiro atoms. The number of fused-ring (bicyclic) bond motifs is 2. The van der Waals surface area contributed by atoms with E-state index >= 15 is 0 Å². The van der Waals surface area contributed by atoms with Crippen LogP contribution in [0.3, 0.4) is 0 Å². The average molecular weight is 436 g/mol. The van der Waals surface area contributed by atoms with Crippen molar-refractivity contribution in [1.29, 1.82) is 0 Å². The number of phenols is 3. The summed E-state index contributed by atoms with van der Waals surface area (Å²) in [5.74, 6) is -0.503. The maximum absolute atomic E-state index is 13.3. The van der Waals surface area contributed by atoms with Crippen molar-refractivity contribution in [3.8, 4) is 34.1 Å². The zero-order valence-corrected chi connectivity index (χ0v) is 18.0. The van der Waals surface area contributed by atoms with Crippen molar-refractivity contribution in [2.24, 2.45) is 0 Å². The molecule has 0 fully saturated rings. The Morgan fingerprint density at radius 2 is 1.84 bits per heavy atom. The van der Waals surface area contributed by atoms with Crippen LogP contribution in [0.25, 0.3) is 28.2 Å². The van der Waals surface area contributed by atoms with Gasteiger partial charge in [0.15, 0.2) is 0 Å². The number of phenolic OH excluding ortho intramolecular Hbond substituents is 3. The van der Waals surface area contributed by atoms with E-state index in [9.17, 15) is 25.2 Å². The first-order valence-corrected chi connectivity index (χ1v) is 10.1. The van der Waals surface area contributed by atoms with E-state index in [1.54, 1.807) is 13.0 Å². The van der Waals surface area contributed by atoms with E-state index in [-0.39, 0.29) is 45.6 Å². The Hall–Kier alpha value is -3.71. The summed E-state index contributed by atoms with van der Waals surface area (Å²) in [6, 6.07) is 4.26. The molecule has 7 heteroatoms. The van der Waals surface area contributed by atoms with Gasteiger partial charge in [-0.3, -0.25) is 4.79 Å². The van der Waals surface area contributed by atoms with Crippen LogP contribution in [0.1, 0.15) is 31.9 Å². The fraction of sp³-hybridized carbons (Fsp3) is 0.240. The van der Waals surface area contributed by atoms with Crippen LogP contribution in [-0.4, -0.2) is 32.1 Å². The second-order valence-corrected chi connectivity index (χ2v) is 8.59. The lowest BCUT2D eigenvalue weighted by atomic mass is 9.96. The number of hydrogen-bond acceptors (Lipinski definition) is 7. The molecule has 0 saturated carbocycles. The van der Waals surface area contributed by atoms with Crippen molar-refractivity contribution in [3.63, 3.8) is 0 Å². The van der Waals surface area contributed by atoms with Gasteiger partial charge in [0.2, 0.25) is 5.43 Å². The third-order valence-corrected chi connectivity index (χ3v) is 5.54. The van der Waals surface area contributed by atoms with Crippen LogP contribution in [0.2, 0.25) is 0 Å². The number of aliphatic hydroxyl groups is 1. The van der Waals surface area contributed by atoms with Gasteiger partial charge in [-0.25, -0.2) is 0 Å². The second kappa shape index (κ2) is 7.46. The molecule has 1 aliphatic rings. The molecule has 0 aliphatic carbocycles. The lowest BCUT2D eigenvalue weighted by molar-refractivity contribution is 0.158. The fourth-order valence-electron chi connectivity index (χ4n) is 3.68.